The van der Waals surface area contributed by atoms with Crippen LogP contribution in [-0.4, -0.2) is 37.2 Å². The monoisotopic (exact) mass is 777 g/mol. The molecule has 0 aliphatic heterocycles. The van der Waals surface area contributed by atoms with Crippen LogP contribution in [0.3, 0.4) is 0 Å². The standard InChI is InChI=1S/C49H92O6/c1-4-7-10-13-16-18-20-22-24-26-28-30-33-36-39-42-48(51)54-45-46(44-53-47(50)41-38-35-32-15-12-9-6-3)55-49(52)43-40-37-34-31-29-27-25-23-21-19-17-14-11-8-5-2/h22,24,46H,4-21,23,25-45H2,1-3H3/b24-22-. The van der Waals surface area contributed by atoms with Crippen LogP contribution in [0.5, 0.6) is 0 Å². The SMILES string of the molecule is CCCCCCCC/C=C\CCCCCCCC(=O)OCC(COC(=O)CCCCCCCCC)OC(=O)CCCCCCCCCCCCCCCCC. The van der Waals surface area contributed by atoms with E-state index in [0.717, 1.165) is 64.2 Å². The molecule has 324 valence electrons. The first kappa shape index (κ1) is 53.1. The molecule has 6 heteroatoms. The second-order valence-corrected chi connectivity index (χ2v) is 16.4. The van der Waals surface area contributed by atoms with Gasteiger partial charge in [-0.1, -0.05) is 213 Å². The van der Waals surface area contributed by atoms with Crippen molar-refractivity contribution in [2.75, 3.05) is 13.2 Å². The number of esters is 3. The second kappa shape index (κ2) is 44.9. The van der Waals surface area contributed by atoms with E-state index in [9.17, 15) is 14.4 Å². The van der Waals surface area contributed by atoms with E-state index in [1.807, 2.05) is 0 Å². The molecule has 0 saturated heterocycles. The molecule has 1 unspecified atom stereocenters. The van der Waals surface area contributed by atoms with Crippen LogP contribution >= 0.6 is 0 Å². The summed E-state index contributed by atoms with van der Waals surface area (Å²) in [6.45, 7) is 6.61. The first-order chi connectivity index (χ1) is 27.0. The number of allylic oxidation sites excluding steroid dienone is 2. The van der Waals surface area contributed by atoms with Crippen molar-refractivity contribution < 1.29 is 28.6 Å². The fraction of sp³-hybridized carbons (Fsp3) is 0.898. The van der Waals surface area contributed by atoms with Crippen LogP contribution in [0.15, 0.2) is 12.2 Å². The smallest absolute Gasteiger partial charge is 0.306 e. The lowest BCUT2D eigenvalue weighted by atomic mass is 10.0. The minimum Gasteiger partial charge on any atom is -0.462 e. The molecule has 6 nitrogen and oxygen atoms in total. The molecular formula is C49H92O6. The molecule has 0 fully saturated rings. The fourth-order valence-corrected chi connectivity index (χ4v) is 7.08. The van der Waals surface area contributed by atoms with Gasteiger partial charge in [-0.2, -0.15) is 0 Å². The summed E-state index contributed by atoms with van der Waals surface area (Å²) in [4.78, 5) is 37.7. The molecular weight excluding hydrogens is 685 g/mol. The van der Waals surface area contributed by atoms with E-state index < -0.39 is 6.10 Å². The number of carbonyl (C=O) groups is 3. The Morgan fingerprint density at radius 3 is 0.909 bits per heavy atom. The third-order valence-corrected chi connectivity index (χ3v) is 10.8. The van der Waals surface area contributed by atoms with Crippen LogP contribution < -0.4 is 0 Å². The quantitative estimate of drug-likeness (QED) is 0.0265. The summed E-state index contributed by atoms with van der Waals surface area (Å²) < 4.78 is 16.7. The molecule has 55 heavy (non-hydrogen) atoms. The van der Waals surface area contributed by atoms with Gasteiger partial charge < -0.3 is 14.2 Å². The zero-order chi connectivity index (χ0) is 40.1. The summed E-state index contributed by atoms with van der Waals surface area (Å²) in [6, 6.07) is 0. The molecule has 0 aliphatic carbocycles. The normalized spacial score (nSPS) is 12.0. The topological polar surface area (TPSA) is 78.9 Å². The minimum absolute atomic E-state index is 0.0688. The van der Waals surface area contributed by atoms with Gasteiger partial charge in [0.2, 0.25) is 0 Å². The number of hydrogen-bond acceptors (Lipinski definition) is 6. The van der Waals surface area contributed by atoms with Crippen LogP contribution in [0.1, 0.15) is 265 Å². The van der Waals surface area contributed by atoms with E-state index in [0.29, 0.717) is 19.3 Å². The molecule has 1 atom stereocenters. The largest absolute Gasteiger partial charge is 0.462 e. The average molecular weight is 777 g/mol. The van der Waals surface area contributed by atoms with Gasteiger partial charge in [-0.25, -0.2) is 0 Å². The van der Waals surface area contributed by atoms with Gasteiger partial charge in [0.1, 0.15) is 13.2 Å². The molecule has 0 bridgehead atoms. The van der Waals surface area contributed by atoms with Gasteiger partial charge in [-0.3, -0.25) is 14.4 Å². The third kappa shape index (κ3) is 43.1. The minimum atomic E-state index is -0.764. The molecule has 0 amide bonds. The van der Waals surface area contributed by atoms with E-state index >= 15 is 0 Å². The highest BCUT2D eigenvalue weighted by molar-refractivity contribution is 5.71. The van der Waals surface area contributed by atoms with Crippen molar-refractivity contribution in [1.82, 2.24) is 0 Å². The van der Waals surface area contributed by atoms with Crippen molar-refractivity contribution in [3.05, 3.63) is 12.2 Å². The molecule has 0 aliphatic rings. The molecule has 0 aromatic heterocycles. The summed E-state index contributed by atoms with van der Waals surface area (Å²) in [6.07, 6.45) is 47.7. The van der Waals surface area contributed by atoms with Gasteiger partial charge >= 0.3 is 17.9 Å². The van der Waals surface area contributed by atoms with E-state index in [1.165, 1.54) is 161 Å². The van der Waals surface area contributed by atoms with Crippen LogP contribution in [0.25, 0.3) is 0 Å². The highest BCUT2D eigenvalue weighted by atomic mass is 16.6. The Morgan fingerprint density at radius 2 is 0.600 bits per heavy atom. The molecule has 0 rings (SSSR count). The van der Waals surface area contributed by atoms with Gasteiger partial charge in [0.25, 0.3) is 0 Å². The average Bonchev–Trinajstić information content (AvgIpc) is 3.18. The van der Waals surface area contributed by atoms with E-state index in [1.54, 1.807) is 0 Å². The molecule has 0 aromatic rings. The van der Waals surface area contributed by atoms with E-state index in [-0.39, 0.29) is 31.1 Å². The van der Waals surface area contributed by atoms with Gasteiger partial charge in [0.05, 0.1) is 0 Å². The number of ether oxygens (including phenoxy) is 3. The Labute approximate surface area is 341 Å². The van der Waals surface area contributed by atoms with Crippen LogP contribution in [0.2, 0.25) is 0 Å². The Kier molecular flexibility index (Phi) is 43.4. The van der Waals surface area contributed by atoms with Crippen molar-refractivity contribution in [3.8, 4) is 0 Å². The van der Waals surface area contributed by atoms with Gasteiger partial charge in [0, 0.05) is 19.3 Å². The highest BCUT2D eigenvalue weighted by Crippen LogP contribution is 2.15. The molecule has 0 heterocycles. The van der Waals surface area contributed by atoms with Crippen LogP contribution in [0, 0.1) is 0 Å². The van der Waals surface area contributed by atoms with Crippen molar-refractivity contribution in [2.45, 2.75) is 271 Å². The maximum Gasteiger partial charge on any atom is 0.306 e. The Hall–Kier alpha value is -1.85. The summed E-state index contributed by atoms with van der Waals surface area (Å²) in [7, 11) is 0. The number of hydrogen-bond donors (Lipinski definition) is 0. The zero-order valence-corrected chi connectivity index (χ0v) is 37.0. The first-order valence-corrected chi connectivity index (χ1v) is 24.2. The molecule has 0 spiro atoms. The summed E-state index contributed by atoms with van der Waals surface area (Å²) >= 11 is 0. The number of rotatable bonds is 44. The summed E-state index contributed by atoms with van der Waals surface area (Å²) in [5, 5.41) is 0. The molecule has 0 saturated carbocycles. The lowest BCUT2D eigenvalue weighted by Crippen LogP contribution is -2.30. The van der Waals surface area contributed by atoms with Crippen molar-refractivity contribution >= 4 is 17.9 Å². The maximum absolute atomic E-state index is 12.7. The van der Waals surface area contributed by atoms with Crippen LogP contribution in [-0.2, 0) is 28.6 Å². The Bertz CT molecular complexity index is 854. The zero-order valence-electron chi connectivity index (χ0n) is 37.0. The lowest BCUT2D eigenvalue weighted by Gasteiger charge is -2.18. The molecule has 0 N–H and O–H groups in total. The third-order valence-electron chi connectivity index (χ3n) is 10.8. The van der Waals surface area contributed by atoms with Crippen molar-refractivity contribution in [1.29, 1.82) is 0 Å². The Balaban J connectivity index is 4.26. The van der Waals surface area contributed by atoms with E-state index in [2.05, 4.69) is 32.9 Å². The second-order valence-electron chi connectivity index (χ2n) is 16.4. The fourth-order valence-electron chi connectivity index (χ4n) is 7.08. The highest BCUT2D eigenvalue weighted by Gasteiger charge is 2.19. The predicted octanol–water partition coefficient (Wildman–Crippen LogP) is 15.4. The molecule has 0 aromatic carbocycles. The number of carbonyl (C=O) groups excluding carboxylic acids is 3. The Morgan fingerprint density at radius 1 is 0.345 bits per heavy atom. The molecule has 0 radical (unpaired) electrons. The summed E-state index contributed by atoms with van der Waals surface area (Å²) in [5.41, 5.74) is 0. The predicted molar refractivity (Wildman–Crippen MR) is 233 cm³/mol. The lowest BCUT2D eigenvalue weighted by molar-refractivity contribution is -0.167. The van der Waals surface area contributed by atoms with Gasteiger partial charge in [-0.05, 0) is 44.9 Å². The van der Waals surface area contributed by atoms with E-state index in [4.69, 9.17) is 14.2 Å². The van der Waals surface area contributed by atoms with Gasteiger partial charge in [0.15, 0.2) is 6.10 Å². The van der Waals surface area contributed by atoms with Crippen LogP contribution in [0.4, 0.5) is 0 Å². The first-order valence-electron chi connectivity index (χ1n) is 24.2. The van der Waals surface area contributed by atoms with Crippen molar-refractivity contribution in [2.24, 2.45) is 0 Å². The maximum atomic E-state index is 12.7. The summed E-state index contributed by atoms with van der Waals surface area (Å²) in [5.74, 6) is -0.872. The van der Waals surface area contributed by atoms with Crippen molar-refractivity contribution in [3.63, 3.8) is 0 Å². The number of unbranched alkanes of at least 4 members (excludes halogenated alkanes) is 31. The van der Waals surface area contributed by atoms with Gasteiger partial charge in [-0.15, -0.1) is 0 Å².